The Balaban J connectivity index is 1.68. The number of nitrogens with zero attached hydrogens (tertiary/aromatic N) is 1. The highest BCUT2D eigenvalue weighted by atomic mass is 19.4. The summed E-state index contributed by atoms with van der Waals surface area (Å²) in [6, 6.07) is 0.878. The van der Waals surface area contributed by atoms with E-state index in [1.807, 2.05) is 0 Å². The SMILES string of the molecule is CCN1CCCC1CNC1CCC(C(F)(F)F)CC1. The number of alkyl halides is 3. The Morgan fingerprint density at radius 1 is 1.11 bits per heavy atom. The summed E-state index contributed by atoms with van der Waals surface area (Å²) in [6.07, 6.45) is 0.411. The summed E-state index contributed by atoms with van der Waals surface area (Å²) in [6.45, 7) is 5.36. The molecule has 0 aromatic carbocycles. The summed E-state index contributed by atoms with van der Waals surface area (Å²) in [5, 5.41) is 3.49. The van der Waals surface area contributed by atoms with Gasteiger partial charge in [-0.3, -0.25) is 4.90 Å². The first-order chi connectivity index (χ1) is 9.00. The Kier molecular flexibility index (Phi) is 5.12. The molecule has 2 aliphatic rings. The normalized spacial score (nSPS) is 33.8. The zero-order valence-electron chi connectivity index (χ0n) is 11.7. The van der Waals surface area contributed by atoms with E-state index in [2.05, 4.69) is 17.1 Å². The molecule has 112 valence electrons. The third-order valence-corrected chi connectivity index (χ3v) is 4.74. The van der Waals surface area contributed by atoms with Gasteiger partial charge in [0.25, 0.3) is 0 Å². The van der Waals surface area contributed by atoms with Crippen LogP contribution in [0.2, 0.25) is 0 Å². The third-order valence-electron chi connectivity index (χ3n) is 4.74. The lowest BCUT2D eigenvalue weighted by Gasteiger charge is -2.32. The maximum atomic E-state index is 12.6. The van der Waals surface area contributed by atoms with Crippen molar-refractivity contribution >= 4 is 0 Å². The van der Waals surface area contributed by atoms with Crippen molar-refractivity contribution in [3.63, 3.8) is 0 Å². The van der Waals surface area contributed by atoms with Crippen LogP contribution in [0, 0.1) is 5.92 Å². The maximum Gasteiger partial charge on any atom is 0.391 e. The highest BCUT2D eigenvalue weighted by Crippen LogP contribution is 2.37. The topological polar surface area (TPSA) is 15.3 Å². The lowest BCUT2D eigenvalue weighted by atomic mass is 9.85. The molecule has 19 heavy (non-hydrogen) atoms. The van der Waals surface area contributed by atoms with Crippen molar-refractivity contribution in [2.45, 2.75) is 63.7 Å². The third kappa shape index (κ3) is 4.09. The summed E-state index contributed by atoms with van der Waals surface area (Å²) in [7, 11) is 0. The van der Waals surface area contributed by atoms with Crippen LogP contribution in [-0.2, 0) is 0 Å². The first-order valence-electron chi connectivity index (χ1n) is 7.55. The highest BCUT2D eigenvalue weighted by molar-refractivity contribution is 4.85. The summed E-state index contributed by atoms with van der Waals surface area (Å²) in [5.74, 6) is -1.07. The summed E-state index contributed by atoms with van der Waals surface area (Å²) in [4.78, 5) is 2.47. The maximum absolute atomic E-state index is 12.6. The van der Waals surface area contributed by atoms with Crippen molar-refractivity contribution in [1.82, 2.24) is 10.2 Å². The fourth-order valence-electron chi connectivity index (χ4n) is 3.47. The zero-order chi connectivity index (χ0) is 13.9. The summed E-state index contributed by atoms with van der Waals surface area (Å²) in [5.41, 5.74) is 0. The molecule has 1 atom stereocenters. The van der Waals surface area contributed by atoms with Gasteiger partial charge in [0.2, 0.25) is 0 Å². The van der Waals surface area contributed by atoms with Crippen LogP contribution in [0.3, 0.4) is 0 Å². The van der Waals surface area contributed by atoms with E-state index in [0.29, 0.717) is 31.7 Å². The number of nitrogens with one attached hydrogen (secondary N) is 1. The number of rotatable bonds is 4. The molecule has 2 fully saturated rings. The Morgan fingerprint density at radius 3 is 2.37 bits per heavy atom. The van der Waals surface area contributed by atoms with E-state index in [4.69, 9.17) is 0 Å². The predicted molar refractivity (Wildman–Crippen MR) is 70.1 cm³/mol. The molecule has 0 aromatic heterocycles. The van der Waals surface area contributed by atoms with Gasteiger partial charge in [0.1, 0.15) is 0 Å². The largest absolute Gasteiger partial charge is 0.391 e. The van der Waals surface area contributed by atoms with Crippen molar-refractivity contribution in [3.8, 4) is 0 Å². The van der Waals surface area contributed by atoms with E-state index in [1.54, 1.807) is 0 Å². The Morgan fingerprint density at radius 2 is 1.79 bits per heavy atom. The van der Waals surface area contributed by atoms with Gasteiger partial charge >= 0.3 is 6.18 Å². The van der Waals surface area contributed by atoms with Gasteiger partial charge in [-0.2, -0.15) is 13.2 Å². The minimum Gasteiger partial charge on any atom is -0.312 e. The average Bonchev–Trinajstić information content (AvgIpc) is 2.83. The molecule has 0 bridgehead atoms. The molecule has 1 aliphatic carbocycles. The van der Waals surface area contributed by atoms with Gasteiger partial charge < -0.3 is 5.32 Å². The molecule has 1 saturated heterocycles. The summed E-state index contributed by atoms with van der Waals surface area (Å²) >= 11 is 0. The number of likely N-dealkylation sites (N-methyl/N-ethyl adjacent to an activating group) is 1. The number of hydrogen-bond acceptors (Lipinski definition) is 2. The predicted octanol–water partition coefficient (Wildman–Crippen LogP) is 3.18. The van der Waals surface area contributed by atoms with E-state index < -0.39 is 12.1 Å². The quantitative estimate of drug-likeness (QED) is 0.849. The Labute approximate surface area is 113 Å². The van der Waals surface area contributed by atoms with Gasteiger partial charge in [0.15, 0.2) is 0 Å². The van der Waals surface area contributed by atoms with Crippen molar-refractivity contribution in [2.75, 3.05) is 19.6 Å². The van der Waals surface area contributed by atoms with Crippen LogP contribution in [0.25, 0.3) is 0 Å². The second-order valence-electron chi connectivity index (χ2n) is 5.92. The second-order valence-corrected chi connectivity index (χ2v) is 5.92. The Hall–Kier alpha value is -0.290. The molecule has 0 aromatic rings. The van der Waals surface area contributed by atoms with Crippen LogP contribution in [-0.4, -0.2) is 42.8 Å². The van der Waals surface area contributed by atoms with Gasteiger partial charge in [-0.15, -0.1) is 0 Å². The number of hydrogen-bond donors (Lipinski definition) is 1. The van der Waals surface area contributed by atoms with Crippen LogP contribution in [0.5, 0.6) is 0 Å². The molecule has 0 spiro atoms. The second kappa shape index (κ2) is 6.44. The fourth-order valence-corrected chi connectivity index (χ4v) is 3.47. The lowest BCUT2D eigenvalue weighted by Crippen LogP contribution is -2.43. The Bertz CT molecular complexity index is 272. The highest BCUT2D eigenvalue weighted by Gasteiger charge is 2.41. The molecule has 2 nitrogen and oxygen atoms in total. The van der Waals surface area contributed by atoms with Crippen LogP contribution in [0.4, 0.5) is 13.2 Å². The lowest BCUT2D eigenvalue weighted by molar-refractivity contribution is -0.182. The minimum atomic E-state index is -3.99. The van der Waals surface area contributed by atoms with Gasteiger partial charge in [0.05, 0.1) is 5.92 Å². The van der Waals surface area contributed by atoms with Crippen LogP contribution >= 0.6 is 0 Å². The molecular formula is C14H25F3N2. The van der Waals surface area contributed by atoms with E-state index >= 15 is 0 Å². The standard InChI is InChI=1S/C14H25F3N2/c1-2-19-9-3-4-13(19)10-18-12-7-5-11(6-8-12)14(15,16)17/h11-13,18H,2-10H2,1H3. The monoisotopic (exact) mass is 278 g/mol. The number of halogens is 3. The molecule has 0 radical (unpaired) electrons. The fraction of sp³-hybridized carbons (Fsp3) is 1.00. The van der Waals surface area contributed by atoms with Gasteiger partial charge in [-0.1, -0.05) is 6.92 Å². The summed E-state index contributed by atoms with van der Waals surface area (Å²) < 4.78 is 37.7. The van der Waals surface area contributed by atoms with Gasteiger partial charge in [-0.05, 0) is 51.6 Å². The van der Waals surface area contributed by atoms with Crippen LogP contribution in [0.1, 0.15) is 45.4 Å². The molecule has 1 aliphatic heterocycles. The van der Waals surface area contributed by atoms with Crippen molar-refractivity contribution in [2.24, 2.45) is 5.92 Å². The van der Waals surface area contributed by atoms with E-state index in [1.165, 1.54) is 19.4 Å². The molecular weight excluding hydrogens is 253 g/mol. The molecule has 1 N–H and O–H groups in total. The molecule has 2 rings (SSSR count). The van der Waals surface area contributed by atoms with Gasteiger partial charge in [-0.25, -0.2) is 0 Å². The smallest absolute Gasteiger partial charge is 0.312 e. The first-order valence-corrected chi connectivity index (χ1v) is 7.55. The number of likely N-dealkylation sites (tertiary alicyclic amines) is 1. The van der Waals surface area contributed by atoms with Crippen molar-refractivity contribution in [1.29, 1.82) is 0 Å². The van der Waals surface area contributed by atoms with Gasteiger partial charge in [0, 0.05) is 18.6 Å². The minimum absolute atomic E-state index is 0.290. The van der Waals surface area contributed by atoms with Crippen molar-refractivity contribution in [3.05, 3.63) is 0 Å². The molecule has 1 saturated carbocycles. The van der Waals surface area contributed by atoms with E-state index in [9.17, 15) is 13.2 Å². The molecule has 1 heterocycles. The van der Waals surface area contributed by atoms with E-state index in [0.717, 1.165) is 13.1 Å². The van der Waals surface area contributed by atoms with Crippen molar-refractivity contribution < 1.29 is 13.2 Å². The van der Waals surface area contributed by atoms with Crippen LogP contribution in [0.15, 0.2) is 0 Å². The molecule has 0 amide bonds. The van der Waals surface area contributed by atoms with Crippen LogP contribution < -0.4 is 5.32 Å². The first kappa shape index (κ1) is 15.1. The molecule has 5 heteroatoms. The average molecular weight is 278 g/mol. The van der Waals surface area contributed by atoms with E-state index in [-0.39, 0.29) is 6.04 Å². The zero-order valence-corrected chi connectivity index (χ0v) is 11.7. The molecule has 1 unspecified atom stereocenters.